The van der Waals surface area contributed by atoms with Gasteiger partial charge in [0.1, 0.15) is 5.75 Å². The third-order valence-electron chi connectivity index (χ3n) is 5.12. The van der Waals surface area contributed by atoms with Gasteiger partial charge in [0.2, 0.25) is 0 Å². The van der Waals surface area contributed by atoms with Crippen molar-refractivity contribution in [3.05, 3.63) is 28.8 Å². The highest BCUT2D eigenvalue weighted by Gasteiger charge is 2.68. The summed E-state index contributed by atoms with van der Waals surface area (Å²) in [6.07, 6.45) is -3.92. The van der Waals surface area contributed by atoms with Crippen molar-refractivity contribution in [2.45, 2.75) is 45.0 Å². The molecule has 0 bridgehead atoms. The number of fused-ring (bicyclic) bond motifs is 1. The molecule has 5 nitrogen and oxygen atoms in total. The van der Waals surface area contributed by atoms with Crippen molar-refractivity contribution >= 4 is 23.2 Å². The number of rotatable bonds is 3. The Bertz CT molecular complexity index is 784. The van der Waals surface area contributed by atoms with Gasteiger partial charge >= 0.3 is 6.18 Å². The molecule has 1 N–H and O–H groups in total. The summed E-state index contributed by atoms with van der Waals surface area (Å²) in [5, 5.41) is 15.0. The normalized spacial score (nSPS) is 28.0. The molecule has 1 heterocycles. The summed E-state index contributed by atoms with van der Waals surface area (Å²) in [5.41, 5.74) is -2.42. The highest BCUT2D eigenvalue weighted by atomic mass is 35.5. The van der Waals surface area contributed by atoms with E-state index in [9.17, 15) is 23.1 Å². The summed E-state index contributed by atoms with van der Waals surface area (Å²) >= 11 is 5.91. The molecule has 1 aromatic rings. The van der Waals surface area contributed by atoms with E-state index in [1.807, 2.05) is 6.92 Å². The summed E-state index contributed by atoms with van der Waals surface area (Å²) in [7, 11) is 0. The van der Waals surface area contributed by atoms with Crippen molar-refractivity contribution in [1.82, 2.24) is 5.01 Å². The molecule has 27 heavy (non-hydrogen) atoms. The van der Waals surface area contributed by atoms with E-state index in [-0.39, 0.29) is 23.1 Å². The number of nitrogens with zero attached hydrogens (tertiary/aromatic N) is 2. The van der Waals surface area contributed by atoms with Gasteiger partial charge in [0, 0.05) is 10.7 Å². The third kappa shape index (κ3) is 3.52. The van der Waals surface area contributed by atoms with E-state index in [2.05, 4.69) is 5.10 Å². The largest absolute Gasteiger partial charge is 0.484 e. The summed E-state index contributed by atoms with van der Waals surface area (Å²) in [4.78, 5) is 12.5. The zero-order chi connectivity index (χ0) is 20.0. The second-order valence-corrected chi connectivity index (χ2v) is 7.56. The second kappa shape index (κ2) is 6.98. The highest BCUT2D eigenvalue weighted by Crippen LogP contribution is 2.49. The van der Waals surface area contributed by atoms with Gasteiger partial charge in [-0.25, -0.2) is 0 Å². The molecule has 3 unspecified atom stereocenters. The lowest BCUT2D eigenvalue weighted by molar-refractivity contribution is -0.318. The second-order valence-electron chi connectivity index (χ2n) is 7.15. The third-order valence-corrected chi connectivity index (χ3v) is 5.54. The number of hydrazone groups is 1. The topological polar surface area (TPSA) is 62.1 Å². The van der Waals surface area contributed by atoms with Crippen molar-refractivity contribution < 1.29 is 27.8 Å². The number of amides is 1. The first-order valence-electron chi connectivity index (χ1n) is 8.62. The summed E-state index contributed by atoms with van der Waals surface area (Å²) in [6, 6.07) is 4.65. The van der Waals surface area contributed by atoms with Crippen LogP contribution >= 0.6 is 11.6 Å². The average molecular weight is 405 g/mol. The molecule has 148 valence electrons. The monoisotopic (exact) mass is 404 g/mol. The molecule has 0 aromatic heterocycles. The molecule has 1 amide bonds. The first-order chi connectivity index (χ1) is 12.5. The van der Waals surface area contributed by atoms with Gasteiger partial charge in [0.25, 0.3) is 11.6 Å². The standard InChI is InChI=1S/C18H20ClF3N2O3/c1-10-3-6-15-13(7-10)17(26,18(20,21)22)24(23-15)16(25)9-27-12-4-5-14(19)11(2)8-12/h4-5,8,10,13,26H,3,6-7,9H2,1-2H3. The Balaban J connectivity index is 1.81. The van der Waals surface area contributed by atoms with Crippen LogP contribution in [0.4, 0.5) is 13.2 Å². The number of carbonyl (C=O) groups excluding carboxylic acids is 1. The number of benzene rings is 1. The van der Waals surface area contributed by atoms with E-state index < -0.39 is 30.3 Å². The summed E-state index contributed by atoms with van der Waals surface area (Å²) in [5.74, 6) is -2.01. The Morgan fingerprint density at radius 1 is 1.48 bits per heavy atom. The fourth-order valence-corrected chi connectivity index (χ4v) is 3.69. The number of halogens is 4. The maximum absolute atomic E-state index is 13.7. The van der Waals surface area contributed by atoms with Gasteiger partial charge in [-0.15, -0.1) is 0 Å². The lowest BCUT2D eigenvalue weighted by Gasteiger charge is -2.39. The Morgan fingerprint density at radius 3 is 2.81 bits per heavy atom. The molecule has 3 atom stereocenters. The fourth-order valence-electron chi connectivity index (χ4n) is 3.57. The molecule has 1 aliphatic heterocycles. The van der Waals surface area contributed by atoms with Crippen molar-refractivity contribution in [3.63, 3.8) is 0 Å². The minimum atomic E-state index is -5.04. The van der Waals surface area contributed by atoms with Gasteiger partial charge in [-0.1, -0.05) is 18.5 Å². The molecule has 9 heteroatoms. The zero-order valence-corrected chi connectivity index (χ0v) is 15.6. The van der Waals surface area contributed by atoms with Crippen molar-refractivity contribution in [1.29, 1.82) is 0 Å². The number of ether oxygens (including phenoxy) is 1. The molecule has 0 spiro atoms. The molecule has 0 radical (unpaired) electrons. The predicted octanol–water partition coefficient (Wildman–Crippen LogP) is 3.91. The number of hydrogen-bond donors (Lipinski definition) is 1. The first kappa shape index (κ1) is 19.9. The van der Waals surface area contributed by atoms with Crippen LogP contribution in [0.5, 0.6) is 5.75 Å². The Hall–Kier alpha value is -1.80. The van der Waals surface area contributed by atoms with Crippen LogP contribution in [0.3, 0.4) is 0 Å². The quantitative estimate of drug-likeness (QED) is 0.830. The average Bonchev–Trinajstić information content (AvgIpc) is 2.89. The lowest BCUT2D eigenvalue weighted by Crippen LogP contribution is -2.62. The van der Waals surface area contributed by atoms with Crippen molar-refractivity contribution in [2.75, 3.05) is 6.61 Å². The van der Waals surface area contributed by atoms with Crippen LogP contribution in [0, 0.1) is 18.8 Å². The molecule has 1 fully saturated rings. The van der Waals surface area contributed by atoms with Gasteiger partial charge in [0.05, 0.1) is 5.92 Å². The van der Waals surface area contributed by atoms with Gasteiger partial charge in [-0.2, -0.15) is 23.3 Å². The number of carbonyl (C=O) groups is 1. The summed E-state index contributed by atoms with van der Waals surface area (Å²) < 4.78 is 46.5. The Labute approximate surface area is 159 Å². The SMILES string of the molecule is Cc1cc(OCC(=O)N2N=C3CCC(C)CC3C2(O)C(F)(F)F)ccc1Cl. The first-order valence-corrected chi connectivity index (χ1v) is 9.00. The maximum Gasteiger partial charge on any atom is 0.439 e. The van der Waals surface area contributed by atoms with Crippen molar-refractivity contribution in [2.24, 2.45) is 16.9 Å². The van der Waals surface area contributed by atoms with Crippen molar-refractivity contribution in [3.8, 4) is 5.75 Å². The van der Waals surface area contributed by atoms with Crippen LogP contribution in [0.15, 0.2) is 23.3 Å². The van der Waals surface area contributed by atoms with Gasteiger partial charge < -0.3 is 9.84 Å². The molecule has 0 saturated heterocycles. The Morgan fingerprint density at radius 2 is 2.19 bits per heavy atom. The number of alkyl halides is 3. The van der Waals surface area contributed by atoms with Gasteiger partial charge in [0.15, 0.2) is 6.61 Å². The molecule has 3 rings (SSSR count). The molecule has 1 aliphatic carbocycles. The Kier molecular flexibility index (Phi) is 5.16. The van der Waals surface area contributed by atoms with Gasteiger partial charge in [-0.3, -0.25) is 4.79 Å². The zero-order valence-electron chi connectivity index (χ0n) is 14.9. The molecular formula is C18H20ClF3N2O3. The van der Waals surface area contributed by atoms with E-state index in [0.29, 0.717) is 29.2 Å². The number of hydrogen-bond acceptors (Lipinski definition) is 4. The smallest absolute Gasteiger partial charge is 0.439 e. The van der Waals surface area contributed by atoms with Crippen LogP contribution in [-0.4, -0.2) is 40.2 Å². The maximum atomic E-state index is 13.7. The van der Waals surface area contributed by atoms with Gasteiger partial charge in [-0.05, 0) is 55.9 Å². The van der Waals surface area contributed by atoms with E-state index in [1.54, 1.807) is 19.1 Å². The van der Waals surface area contributed by atoms with E-state index in [1.165, 1.54) is 6.07 Å². The molecule has 2 aliphatic rings. The van der Waals surface area contributed by atoms with Crippen LogP contribution in [0.2, 0.25) is 5.02 Å². The van der Waals surface area contributed by atoms with E-state index in [0.717, 1.165) is 0 Å². The predicted molar refractivity (Wildman–Crippen MR) is 93.5 cm³/mol. The molecule has 1 saturated carbocycles. The minimum absolute atomic E-state index is 0.00571. The van der Waals surface area contributed by atoms with E-state index in [4.69, 9.17) is 16.3 Å². The number of aliphatic hydroxyl groups is 1. The highest BCUT2D eigenvalue weighted by molar-refractivity contribution is 6.31. The van der Waals surface area contributed by atoms with Crippen LogP contribution in [0.1, 0.15) is 31.7 Å². The van der Waals surface area contributed by atoms with Crippen LogP contribution in [0.25, 0.3) is 0 Å². The molecular weight excluding hydrogens is 385 g/mol. The van der Waals surface area contributed by atoms with E-state index >= 15 is 0 Å². The fraction of sp³-hybridized carbons (Fsp3) is 0.556. The molecule has 1 aromatic carbocycles. The summed E-state index contributed by atoms with van der Waals surface area (Å²) in [6.45, 7) is 2.88. The van der Waals surface area contributed by atoms with Crippen LogP contribution < -0.4 is 4.74 Å². The lowest BCUT2D eigenvalue weighted by atomic mass is 9.76. The van der Waals surface area contributed by atoms with Crippen LogP contribution in [-0.2, 0) is 4.79 Å². The number of aryl methyl sites for hydroxylation is 1. The minimum Gasteiger partial charge on any atom is -0.484 e.